The van der Waals surface area contributed by atoms with E-state index in [2.05, 4.69) is 62.3 Å². The van der Waals surface area contributed by atoms with Crippen molar-refractivity contribution >= 4 is 47.0 Å². The molecular formula is C55H69N7O8S. The Morgan fingerprint density at radius 2 is 1.55 bits per heavy atom. The van der Waals surface area contributed by atoms with Gasteiger partial charge in [0.1, 0.15) is 17.9 Å². The number of pyridine rings is 2. The number of nitrogens with one attached hydrogen (secondary N) is 3. The molecule has 1 saturated heterocycles. The van der Waals surface area contributed by atoms with Gasteiger partial charge in [0.05, 0.1) is 75.0 Å². The first kappa shape index (κ1) is 52.9. The monoisotopic (exact) mass is 987 g/mol. The average molecular weight is 988 g/mol. The van der Waals surface area contributed by atoms with Gasteiger partial charge >= 0.3 is 0 Å². The lowest BCUT2D eigenvalue weighted by molar-refractivity contribution is -0.144. The van der Waals surface area contributed by atoms with Crippen molar-refractivity contribution in [2.45, 2.75) is 91.0 Å². The number of β-amino-alcohol motifs (C(OH)–C–C–N with tert-alkyl or cyclic N) is 1. The van der Waals surface area contributed by atoms with Gasteiger partial charge in [-0.3, -0.25) is 19.4 Å². The van der Waals surface area contributed by atoms with Crippen LogP contribution in [-0.4, -0.2) is 127 Å². The second kappa shape index (κ2) is 26.5. The summed E-state index contributed by atoms with van der Waals surface area (Å²) in [6, 6.07) is 19.0. The van der Waals surface area contributed by atoms with Crippen molar-refractivity contribution < 1.29 is 38.4 Å². The third-order valence-corrected chi connectivity index (χ3v) is 13.6. The molecule has 0 spiro atoms. The fraction of sp³-hybridized carbons (Fsp3) is 0.455. The highest BCUT2D eigenvalue weighted by molar-refractivity contribution is 7.13. The number of likely N-dealkylation sites (tertiary alicyclic amines) is 1. The Hall–Kier alpha value is -5.88. The number of hydrogen-bond acceptors (Lipinski definition) is 13. The predicted octanol–water partition coefficient (Wildman–Crippen LogP) is 7.30. The molecule has 1 fully saturated rings. The number of anilines is 1. The number of carbonyl (C=O) groups excluding carboxylic acids is 3. The van der Waals surface area contributed by atoms with Crippen LogP contribution in [0.2, 0.25) is 0 Å². The molecule has 5 aromatic rings. The molecule has 4 heterocycles. The van der Waals surface area contributed by atoms with Gasteiger partial charge in [-0.05, 0) is 78.0 Å². The van der Waals surface area contributed by atoms with E-state index in [0.29, 0.717) is 46.2 Å². The maximum atomic E-state index is 14.0. The number of aromatic nitrogens is 3. The van der Waals surface area contributed by atoms with Crippen LogP contribution < -0.4 is 16.0 Å². The molecule has 4 N–H and O–H groups in total. The molecular weight excluding hydrogens is 919 g/mol. The standard InChI is InChI=1S/C55H69N7O8S/c1-38-50(71-37-60-38)42-16-13-40(14-17-42)33-59-53(65)48-32-47(63)36-62(48)54(66)51(55(2,3)4)61-49(64)19-22-67-24-26-69-28-29-70-27-25-68-23-21-57-52-44(31-46(35-58-52)45-10-7-20-56-34-45)18-12-39-11-15-41-8-5-6-9-43(41)30-39/h7,10-18,20,30-31,34-35,37,47-48,51,63H,5-6,8-9,19,21-29,32-33,36H2,1-4H3,(H,57,58)(H,59,65)(H,61,64)/b18-12+/t47-,48+,51-/m1/s1. The summed E-state index contributed by atoms with van der Waals surface area (Å²) in [6.45, 7) is 11.3. The van der Waals surface area contributed by atoms with E-state index in [-0.39, 0.29) is 51.0 Å². The van der Waals surface area contributed by atoms with Gasteiger partial charge in [-0.2, -0.15) is 0 Å². The van der Waals surface area contributed by atoms with Gasteiger partial charge in [-0.15, -0.1) is 11.3 Å². The van der Waals surface area contributed by atoms with Crippen molar-refractivity contribution in [2.24, 2.45) is 5.41 Å². The van der Waals surface area contributed by atoms with Crippen LogP contribution in [0.3, 0.4) is 0 Å². The molecule has 16 heteroatoms. The zero-order valence-electron chi connectivity index (χ0n) is 41.5. The Labute approximate surface area is 421 Å². The minimum Gasteiger partial charge on any atom is -0.391 e. The van der Waals surface area contributed by atoms with E-state index in [4.69, 9.17) is 23.9 Å². The van der Waals surface area contributed by atoms with Crippen molar-refractivity contribution in [3.8, 4) is 21.6 Å². The summed E-state index contributed by atoms with van der Waals surface area (Å²) >= 11 is 1.58. The maximum absolute atomic E-state index is 14.0. The molecule has 3 atom stereocenters. The zero-order chi connectivity index (χ0) is 50.0. The van der Waals surface area contributed by atoms with Crippen molar-refractivity contribution in [1.82, 2.24) is 30.5 Å². The lowest BCUT2D eigenvalue weighted by atomic mass is 9.85. The molecule has 15 nitrogen and oxygen atoms in total. The van der Waals surface area contributed by atoms with Crippen molar-refractivity contribution in [1.29, 1.82) is 0 Å². The third kappa shape index (κ3) is 15.8. The van der Waals surface area contributed by atoms with E-state index < -0.39 is 29.5 Å². The molecule has 1 aliphatic heterocycles. The molecule has 3 amide bonds. The van der Waals surface area contributed by atoms with Gasteiger partial charge in [-0.25, -0.2) is 9.97 Å². The number of rotatable bonds is 25. The van der Waals surface area contributed by atoms with Crippen molar-refractivity contribution in [2.75, 3.05) is 71.3 Å². The van der Waals surface area contributed by atoms with Gasteiger partial charge in [-0.1, -0.05) is 81.5 Å². The van der Waals surface area contributed by atoms with Crippen LogP contribution in [-0.2, 0) is 52.7 Å². The number of benzene rings is 2. The van der Waals surface area contributed by atoms with Crippen LogP contribution in [0, 0.1) is 12.3 Å². The van der Waals surface area contributed by atoms with Gasteiger partial charge < -0.3 is 44.9 Å². The summed E-state index contributed by atoms with van der Waals surface area (Å²) in [4.78, 5) is 56.3. The number of aliphatic hydroxyl groups is 1. The molecule has 0 radical (unpaired) electrons. The van der Waals surface area contributed by atoms with Crippen LogP contribution in [0.15, 0.2) is 84.8 Å². The number of fused-ring (bicyclic) bond motifs is 1. The van der Waals surface area contributed by atoms with Crippen LogP contribution in [0.25, 0.3) is 33.7 Å². The number of nitrogens with zero attached hydrogens (tertiary/aromatic N) is 4. The van der Waals surface area contributed by atoms with E-state index in [9.17, 15) is 19.5 Å². The first-order valence-corrected chi connectivity index (χ1v) is 25.6. The number of amides is 3. The van der Waals surface area contributed by atoms with Crippen molar-refractivity contribution in [3.05, 3.63) is 118 Å². The number of hydrogen-bond donors (Lipinski definition) is 4. The van der Waals surface area contributed by atoms with Crippen LogP contribution in [0.1, 0.15) is 80.0 Å². The first-order valence-electron chi connectivity index (χ1n) is 24.7. The fourth-order valence-electron chi connectivity index (χ4n) is 8.67. The molecule has 0 saturated carbocycles. The molecule has 3 aromatic heterocycles. The van der Waals surface area contributed by atoms with E-state index in [1.54, 1.807) is 17.5 Å². The Kier molecular flexibility index (Phi) is 19.8. The lowest BCUT2D eigenvalue weighted by Crippen LogP contribution is -2.57. The average Bonchev–Trinajstić information content (AvgIpc) is 4.00. The summed E-state index contributed by atoms with van der Waals surface area (Å²) in [7, 11) is 0. The summed E-state index contributed by atoms with van der Waals surface area (Å²) in [5.74, 6) is -0.340. The minimum atomic E-state index is -0.922. The van der Waals surface area contributed by atoms with Crippen molar-refractivity contribution in [3.63, 3.8) is 0 Å². The second-order valence-electron chi connectivity index (χ2n) is 19.0. The van der Waals surface area contributed by atoms with Gasteiger partial charge in [0.25, 0.3) is 0 Å². The molecule has 2 aliphatic rings. The number of aryl methyl sites for hydroxylation is 3. The molecule has 0 bridgehead atoms. The van der Waals surface area contributed by atoms with Gasteiger partial charge in [0.15, 0.2) is 0 Å². The van der Waals surface area contributed by atoms with E-state index in [0.717, 1.165) is 57.0 Å². The normalized spacial score (nSPS) is 16.2. The van der Waals surface area contributed by atoms with E-state index >= 15 is 0 Å². The Morgan fingerprint density at radius 3 is 2.24 bits per heavy atom. The summed E-state index contributed by atoms with van der Waals surface area (Å²) < 4.78 is 22.8. The highest BCUT2D eigenvalue weighted by Crippen LogP contribution is 2.30. The Bertz CT molecular complexity index is 2530. The number of carbonyl (C=O) groups is 3. The summed E-state index contributed by atoms with van der Waals surface area (Å²) in [5.41, 5.74) is 11.2. The lowest BCUT2D eigenvalue weighted by Gasteiger charge is -2.35. The van der Waals surface area contributed by atoms with E-state index in [1.165, 1.54) is 34.4 Å². The van der Waals surface area contributed by atoms with Gasteiger partial charge in [0.2, 0.25) is 17.7 Å². The highest BCUT2D eigenvalue weighted by atomic mass is 32.1. The largest absolute Gasteiger partial charge is 0.391 e. The first-order chi connectivity index (χ1) is 34.4. The van der Waals surface area contributed by atoms with E-state index in [1.807, 2.05) is 82.0 Å². The van der Waals surface area contributed by atoms with Crippen LogP contribution >= 0.6 is 11.3 Å². The molecule has 2 aromatic carbocycles. The SMILES string of the molecule is Cc1ncsc1-c1ccc(CNC(=O)[C@@H]2C[C@@H](O)CN2C(=O)[C@@H](NC(=O)CCOCCOCCOCCOCCNc2ncc(-c3cccnc3)cc2/C=C/c2ccc3c(c2)CCCC3)C(C)(C)C)cc1. The predicted molar refractivity (Wildman–Crippen MR) is 278 cm³/mol. The zero-order valence-corrected chi connectivity index (χ0v) is 42.3. The van der Waals surface area contributed by atoms with Crippen LogP contribution in [0.5, 0.6) is 0 Å². The molecule has 378 valence electrons. The topological polar surface area (TPSA) is 186 Å². The minimum absolute atomic E-state index is 0.00119. The molecule has 71 heavy (non-hydrogen) atoms. The number of ether oxygens (including phenoxy) is 4. The quantitative estimate of drug-likeness (QED) is 0.0429. The fourth-order valence-corrected chi connectivity index (χ4v) is 9.48. The highest BCUT2D eigenvalue weighted by Gasteiger charge is 2.44. The number of aliphatic hydroxyl groups excluding tert-OH is 1. The molecule has 1 aliphatic carbocycles. The molecule has 0 unspecified atom stereocenters. The van der Waals surface area contributed by atoms with Crippen LogP contribution in [0.4, 0.5) is 5.82 Å². The third-order valence-electron chi connectivity index (χ3n) is 12.6. The smallest absolute Gasteiger partial charge is 0.246 e. The second-order valence-corrected chi connectivity index (χ2v) is 19.9. The van der Waals surface area contributed by atoms with Gasteiger partial charge in [0, 0.05) is 67.8 Å². The molecule has 7 rings (SSSR count). The number of thiazole rings is 1. The summed E-state index contributed by atoms with van der Waals surface area (Å²) in [5, 5.41) is 19.8. The maximum Gasteiger partial charge on any atom is 0.246 e. The Balaban J connectivity index is 0.742. The Morgan fingerprint density at radius 1 is 0.831 bits per heavy atom. The summed E-state index contributed by atoms with van der Waals surface area (Å²) in [6.07, 6.45) is 13.9.